The van der Waals surface area contributed by atoms with Crippen LogP contribution in [0, 0.1) is 11.8 Å². The van der Waals surface area contributed by atoms with Gasteiger partial charge >= 0.3 is 35.8 Å². The van der Waals surface area contributed by atoms with Gasteiger partial charge in [-0.1, -0.05) is 147 Å². The second kappa shape index (κ2) is 45.0. The first-order chi connectivity index (χ1) is 56.6. The number of nitrogens with two attached hydrogens (primary N) is 2. The van der Waals surface area contributed by atoms with Crippen molar-refractivity contribution in [3.05, 3.63) is 166 Å². The molecule has 2 heterocycles. The van der Waals surface area contributed by atoms with Crippen LogP contribution >= 0.6 is 0 Å². The smallest absolute Gasteiger partial charge is 0.305 e. The molecule has 640 valence electrons. The summed E-state index contributed by atoms with van der Waals surface area (Å²) in [5, 5.41) is 96.4. The molecule has 4 aromatic carbocycles. The van der Waals surface area contributed by atoms with E-state index in [2.05, 4.69) is 73.8 Å². The van der Waals surface area contributed by atoms with Crippen molar-refractivity contribution in [2.24, 2.45) is 23.3 Å². The number of aromatic nitrogens is 6. The van der Waals surface area contributed by atoms with Crippen molar-refractivity contribution in [3.8, 4) is 0 Å². The standard InChI is InChI=1S/C78H94N18O24/c1-39(2)67(89-71(113)51(25-27-59(99)100)83-73(115)55(31-61(103)104)81-41(5)97)77(119)87-57(33-63(107)108)75(117)85-53(69(79)111)29-49-37-95(93-91-49)35-43-17-21-47(22-18-43)65(45-13-9-7-10-14-45)66(46-15-11-8-12-16-46)48-23-19-44(20-24-48)36-96-38-50(92-94-96)30-54(70(80)112)86-76(118)58(34-64(109)110)88-78(120)68(40(3)4)90-72(114)52(26-28-60(101)102)84-74(116)56(32-62(105)106)82-42(6)98/h7-24,37-40,51-58,67-68H,25-36H2,1-6H3,(H2,79,111)(H2,80,112)(H,81,97)(H,82,98)(H,83,115)(H,84,116)(H,85,117)(H,86,118)(H,87,119)(H,88,120)(H,89,113)(H,90,114)(H,99,100)(H,101,102)(H,103,104)(H,105,106)(H,107,108)(H,109,110)/b66-65-/t51-,52-,53-,54-,55-,56-,57-,58-,67-,68-/m0/s1. The van der Waals surface area contributed by atoms with E-state index in [-0.39, 0.29) is 37.3 Å². The molecular weight excluding hydrogens is 1570 g/mol. The molecule has 12 amide bonds. The number of carboxylic acids is 6. The van der Waals surface area contributed by atoms with Crippen molar-refractivity contribution in [2.45, 2.75) is 179 Å². The molecule has 0 unspecified atom stereocenters. The fourth-order valence-electron chi connectivity index (χ4n) is 12.2. The van der Waals surface area contributed by atoms with E-state index < -0.39 is 230 Å². The van der Waals surface area contributed by atoms with E-state index in [0.29, 0.717) is 0 Å². The minimum absolute atomic E-state index is 0.132. The fraction of sp³-hybridized carbons (Fsp3) is 0.385. The molecular formula is C78H94N18O24. The number of nitrogens with zero attached hydrogens (tertiary/aromatic N) is 6. The number of carbonyl (C=O) groups is 18. The van der Waals surface area contributed by atoms with Gasteiger partial charge in [-0.15, -0.1) is 10.2 Å². The molecule has 6 rings (SSSR count). The van der Waals surface area contributed by atoms with Gasteiger partial charge in [0.1, 0.15) is 60.4 Å². The summed E-state index contributed by atoms with van der Waals surface area (Å²) in [5.74, 6) is -23.7. The Balaban J connectivity index is 1.15. The van der Waals surface area contributed by atoms with Crippen molar-refractivity contribution in [1.82, 2.24) is 83.2 Å². The highest BCUT2D eigenvalue weighted by Crippen LogP contribution is 2.37. The predicted molar refractivity (Wildman–Crippen MR) is 418 cm³/mol. The van der Waals surface area contributed by atoms with Crippen LogP contribution in [0.25, 0.3) is 11.1 Å². The van der Waals surface area contributed by atoms with E-state index in [1.54, 1.807) is 0 Å². The SMILES string of the molecule is CC(=O)N[C@@H](CC(=O)O)C(=O)N[C@@H](CCC(=O)O)C(=O)N[C@H](C(=O)N[C@@H](CC(=O)O)C(=O)N[C@@H](Cc1cn(Cc2ccc(/C(=C(/c3ccccc3)c3ccc(Cn4cc(C[C@H](NC(=O)[C@H](CC(=O)O)NC(=O)[C@@H](NC(=O)[C@H](CCC(=O)O)NC(=O)[C@H](CC(=O)O)NC(C)=O)C(C)C)C(N)=O)nn4)cc3)c3ccccc3)cc2)nn1)C(N)=O)C(C)C. The third kappa shape index (κ3) is 30.2. The molecule has 42 heteroatoms. The molecule has 0 saturated carbocycles. The Kier molecular flexibility index (Phi) is 35.4. The van der Waals surface area contributed by atoms with E-state index >= 15 is 0 Å². The van der Waals surface area contributed by atoms with Crippen LogP contribution in [0.4, 0.5) is 0 Å². The average Bonchev–Trinajstić information content (AvgIpc) is 0.874. The lowest BCUT2D eigenvalue weighted by atomic mass is 9.85. The maximum atomic E-state index is 13.9. The molecule has 0 aliphatic rings. The number of hydrogen-bond donors (Lipinski definition) is 18. The average molecular weight is 1670 g/mol. The number of benzene rings is 4. The van der Waals surface area contributed by atoms with Gasteiger partial charge in [0.15, 0.2) is 0 Å². The first-order valence-corrected chi connectivity index (χ1v) is 37.3. The summed E-state index contributed by atoms with van der Waals surface area (Å²) in [7, 11) is 0. The molecule has 0 fully saturated rings. The Hall–Kier alpha value is -14.6. The maximum absolute atomic E-state index is 13.9. The molecule has 6 aromatic rings. The zero-order valence-corrected chi connectivity index (χ0v) is 65.8. The van der Waals surface area contributed by atoms with Gasteiger partial charge in [0.25, 0.3) is 0 Å². The van der Waals surface area contributed by atoms with Crippen molar-refractivity contribution < 1.29 is 117 Å². The molecule has 0 bridgehead atoms. The topological polar surface area (TPSA) is 662 Å². The van der Waals surface area contributed by atoms with Crippen LogP contribution < -0.4 is 64.6 Å². The number of rotatable bonds is 48. The molecule has 0 saturated heterocycles. The minimum atomic E-state index is -1.91. The molecule has 42 nitrogen and oxygen atoms in total. The fourth-order valence-corrected chi connectivity index (χ4v) is 12.2. The van der Waals surface area contributed by atoms with Crippen LogP contribution in [-0.4, -0.2) is 228 Å². The van der Waals surface area contributed by atoms with E-state index in [1.165, 1.54) is 49.5 Å². The summed E-state index contributed by atoms with van der Waals surface area (Å²) < 4.78 is 2.90. The van der Waals surface area contributed by atoms with Crippen molar-refractivity contribution in [2.75, 3.05) is 0 Å². The largest absolute Gasteiger partial charge is 0.481 e. The molecule has 20 N–H and O–H groups in total. The lowest BCUT2D eigenvalue weighted by Crippen LogP contribution is -2.60. The number of hydrogen-bond acceptors (Lipinski definition) is 22. The zero-order valence-electron chi connectivity index (χ0n) is 65.8. The summed E-state index contributed by atoms with van der Waals surface area (Å²) in [6.07, 6.45) is -4.29. The number of aliphatic carboxylic acids is 6. The summed E-state index contributed by atoms with van der Waals surface area (Å²) in [5.41, 5.74) is 18.2. The van der Waals surface area contributed by atoms with E-state index in [1.807, 2.05) is 109 Å². The highest BCUT2D eigenvalue weighted by atomic mass is 16.4. The van der Waals surface area contributed by atoms with Crippen molar-refractivity contribution >= 4 is 118 Å². The second-order valence-electron chi connectivity index (χ2n) is 28.5. The van der Waals surface area contributed by atoms with E-state index in [0.717, 1.165) is 58.4 Å². The number of carbonyl (C=O) groups excluding carboxylic acids is 12. The highest BCUT2D eigenvalue weighted by molar-refractivity contribution is 6.05. The lowest BCUT2D eigenvalue weighted by molar-refractivity contribution is -0.142. The predicted octanol–water partition coefficient (Wildman–Crippen LogP) is -2.14. The molecule has 0 aliphatic carbocycles. The van der Waals surface area contributed by atoms with Crippen LogP contribution in [0.15, 0.2) is 122 Å². The third-order valence-corrected chi connectivity index (χ3v) is 18.1. The van der Waals surface area contributed by atoms with Crippen LogP contribution in [0.5, 0.6) is 0 Å². The summed E-state index contributed by atoms with van der Waals surface area (Å²) >= 11 is 0. The first-order valence-electron chi connectivity index (χ1n) is 37.3. The van der Waals surface area contributed by atoms with Crippen molar-refractivity contribution in [1.29, 1.82) is 0 Å². The molecule has 0 aliphatic heterocycles. The second-order valence-corrected chi connectivity index (χ2v) is 28.5. The quantitative estimate of drug-likeness (QED) is 0.0181. The number of amides is 12. The summed E-state index contributed by atoms with van der Waals surface area (Å²) in [4.78, 5) is 229. The molecule has 0 radical (unpaired) electrons. The minimum Gasteiger partial charge on any atom is -0.481 e. The van der Waals surface area contributed by atoms with Crippen LogP contribution in [-0.2, 0) is 112 Å². The molecule has 10 atom stereocenters. The van der Waals surface area contributed by atoms with Gasteiger partial charge in [-0.05, 0) is 69.2 Å². The Labute approximate surface area is 684 Å². The monoisotopic (exact) mass is 1670 g/mol. The van der Waals surface area contributed by atoms with Gasteiger partial charge in [0.05, 0.1) is 50.2 Å². The van der Waals surface area contributed by atoms with E-state index in [9.17, 15) is 117 Å². The van der Waals surface area contributed by atoms with Gasteiger partial charge in [-0.25, -0.2) is 9.36 Å². The molecule has 120 heavy (non-hydrogen) atoms. The number of carboxylic acid groups (broad SMARTS) is 6. The first kappa shape index (κ1) is 94.2. The van der Waals surface area contributed by atoms with Gasteiger partial charge in [-0.3, -0.25) is 86.3 Å². The normalized spacial score (nSPS) is 13.8. The Morgan fingerprint density at radius 2 is 0.600 bits per heavy atom. The van der Waals surface area contributed by atoms with Gasteiger partial charge < -0.3 is 95.3 Å². The number of primary amides is 2. The Morgan fingerprint density at radius 1 is 0.333 bits per heavy atom. The van der Waals surface area contributed by atoms with Gasteiger partial charge in [-0.2, -0.15) is 0 Å². The Bertz CT molecular complexity index is 4460. The molecule has 0 spiro atoms. The maximum Gasteiger partial charge on any atom is 0.305 e. The lowest BCUT2D eigenvalue weighted by Gasteiger charge is -2.28. The summed E-state index contributed by atoms with van der Waals surface area (Å²) in [6.45, 7) is 8.07. The van der Waals surface area contributed by atoms with Gasteiger partial charge in [0, 0.05) is 51.9 Å². The van der Waals surface area contributed by atoms with Gasteiger partial charge in [0.2, 0.25) is 70.9 Å². The highest BCUT2D eigenvalue weighted by Gasteiger charge is 2.38. The van der Waals surface area contributed by atoms with Crippen molar-refractivity contribution in [3.63, 3.8) is 0 Å². The summed E-state index contributed by atoms with van der Waals surface area (Å²) in [6, 6.07) is 17.4. The zero-order chi connectivity index (χ0) is 88.8. The Morgan fingerprint density at radius 3 is 0.867 bits per heavy atom. The van der Waals surface area contributed by atoms with Crippen LogP contribution in [0.1, 0.15) is 138 Å². The number of nitrogens with one attached hydrogen (secondary N) is 10. The molecule has 2 aromatic heterocycles. The van der Waals surface area contributed by atoms with E-state index in [4.69, 9.17) is 11.5 Å². The third-order valence-electron chi connectivity index (χ3n) is 18.1. The van der Waals surface area contributed by atoms with Crippen LogP contribution in [0.3, 0.4) is 0 Å². The van der Waals surface area contributed by atoms with Crippen LogP contribution in [0.2, 0.25) is 0 Å².